The fraction of sp³-hybridized carbons (Fsp3) is 0.368. The smallest absolute Gasteiger partial charge is 0.126 e. The number of rotatable bonds is 9. The molecule has 1 aromatic carbocycles. The summed E-state index contributed by atoms with van der Waals surface area (Å²) in [7, 11) is 3.02. The second-order valence-corrected chi connectivity index (χ2v) is 6.56. The predicted molar refractivity (Wildman–Crippen MR) is 102 cm³/mol. The highest BCUT2D eigenvalue weighted by molar-refractivity contribution is 9.09. The van der Waals surface area contributed by atoms with Crippen LogP contribution in [-0.2, 0) is 4.74 Å². The lowest BCUT2D eigenvalue weighted by Crippen LogP contribution is -2.28. The molecular formula is C19H25BrFNO3. The number of hydrogen-bond acceptors (Lipinski definition) is 4. The highest BCUT2D eigenvalue weighted by Gasteiger charge is 2.30. The van der Waals surface area contributed by atoms with Crippen LogP contribution in [0.2, 0.25) is 0 Å². The summed E-state index contributed by atoms with van der Waals surface area (Å²) in [5.41, 5.74) is 0.303. The van der Waals surface area contributed by atoms with Crippen LogP contribution in [0.25, 0.3) is 0 Å². The molecule has 0 heterocycles. The Bertz CT molecular complexity index is 656. The van der Waals surface area contributed by atoms with Crippen LogP contribution in [-0.4, -0.2) is 24.9 Å². The van der Waals surface area contributed by atoms with Gasteiger partial charge in [0.1, 0.15) is 17.3 Å². The number of ether oxygens (including phenoxy) is 2. The molecule has 0 aromatic heterocycles. The number of nitrogens with one attached hydrogen (secondary N) is 1. The standard InChI is InChI=1S/C19H25BrFNO3/c1-6-15(11-13(2)24-4)22-10-9-19(3,23)18(20)16-8-7-14(21)12-17(16)25-5/h7-12,18,22-23H,2,6H2,1,3-5H3/b10-9+,15-11+. The van der Waals surface area contributed by atoms with E-state index in [-0.39, 0.29) is 0 Å². The summed E-state index contributed by atoms with van der Waals surface area (Å²) < 4.78 is 23.6. The van der Waals surface area contributed by atoms with E-state index in [1.165, 1.54) is 19.2 Å². The SMILES string of the molecule is C=C(/C=C(\CC)N/C=C/C(C)(O)C(Br)c1ccc(F)cc1OC)OC. The molecule has 2 unspecified atom stereocenters. The summed E-state index contributed by atoms with van der Waals surface area (Å²) in [6.45, 7) is 7.39. The quantitative estimate of drug-likeness (QED) is 0.353. The minimum absolute atomic E-state index is 0.369. The Labute approximate surface area is 157 Å². The second-order valence-electron chi connectivity index (χ2n) is 5.65. The molecule has 2 atom stereocenters. The van der Waals surface area contributed by atoms with Crippen molar-refractivity contribution >= 4 is 15.9 Å². The molecular weight excluding hydrogens is 389 g/mol. The monoisotopic (exact) mass is 413 g/mol. The maximum absolute atomic E-state index is 13.4. The van der Waals surface area contributed by atoms with Crippen molar-refractivity contribution in [3.05, 3.63) is 66.0 Å². The number of benzene rings is 1. The van der Waals surface area contributed by atoms with E-state index in [1.54, 1.807) is 38.5 Å². The average Bonchev–Trinajstić information content (AvgIpc) is 2.59. The lowest BCUT2D eigenvalue weighted by Gasteiger charge is -2.27. The Kier molecular flexibility index (Phi) is 8.19. The molecule has 25 heavy (non-hydrogen) atoms. The maximum Gasteiger partial charge on any atom is 0.126 e. The van der Waals surface area contributed by atoms with Crippen molar-refractivity contribution < 1.29 is 19.0 Å². The second kappa shape index (κ2) is 9.63. The summed E-state index contributed by atoms with van der Waals surface area (Å²) in [5.74, 6) is 0.515. The zero-order valence-corrected chi connectivity index (χ0v) is 16.6. The van der Waals surface area contributed by atoms with Gasteiger partial charge in [0.05, 0.1) is 24.6 Å². The zero-order valence-electron chi connectivity index (χ0n) is 15.0. The van der Waals surface area contributed by atoms with Crippen molar-refractivity contribution in [3.63, 3.8) is 0 Å². The number of allylic oxidation sites excluding steroid dienone is 2. The van der Waals surface area contributed by atoms with Crippen LogP contribution >= 0.6 is 15.9 Å². The topological polar surface area (TPSA) is 50.7 Å². The van der Waals surface area contributed by atoms with Gasteiger partial charge in [0.15, 0.2) is 0 Å². The molecule has 6 heteroatoms. The Hall–Kier alpha value is -1.79. The molecule has 2 N–H and O–H groups in total. The highest BCUT2D eigenvalue weighted by Crippen LogP contribution is 2.40. The molecule has 0 aliphatic heterocycles. The van der Waals surface area contributed by atoms with Gasteiger partial charge in [0, 0.05) is 17.3 Å². The Balaban J connectivity index is 2.93. The summed E-state index contributed by atoms with van der Waals surface area (Å²) in [5, 5.41) is 13.9. The Morgan fingerprint density at radius 1 is 1.48 bits per heavy atom. The van der Waals surface area contributed by atoms with E-state index >= 15 is 0 Å². The molecule has 0 bridgehead atoms. The van der Waals surface area contributed by atoms with Crippen molar-refractivity contribution in [2.45, 2.75) is 30.7 Å². The lowest BCUT2D eigenvalue weighted by atomic mass is 9.95. The van der Waals surface area contributed by atoms with Crippen LogP contribution < -0.4 is 10.1 Å². The van der Waals surface area contributed by atoms with Crippen LogP contribution in [0.3, 0.4) is 0 Å². The first-order valence-electron chi connectivity index (χ1n) is 7.82. The fourth-order valence-corrected chi connectivity index (χ4v) is 2.64. The van der Waals surface area contributed by atoms with Gasteiger partial charge < -0.3 is 19.9 Å². The summed E-state index contributed by atoms with van der Waals surface area (Å²) in [6.07, 6.45) is 5.81. The number of hydrogen-bond donors (Lipinski definition) is 2. The van der Waals surface area contributed by atoms with Gasteiger partial charge in [0.25, 0.3) is 0 Å². The molecule has 0 saturated heterocycles. The molecule has 0 aliphatic carbocycles. The van der Waals surface area contributed by atoms with Crippen molar-refractivity contribution in [2.75, 3.05) is 14.2 Å². The molecule has 1 rings (SSSR count). The summed E-state index contributed by atoms with van der Waals surface area (Å²) >= 11 is 3.48. The lowest BCUT2D eigenvalue weighted by molar-refractivity contribution is 0.109. The zero-order chi connectivity index (χ0) is 19.0. The van der Waals surface area contributed by atoms with Gasteiger partial charge in [0.2, 0.25) is 0 Å². The number of aliphatic hydroxyl groups is 1. The van der Waals surface area contributed by atoms with Crippen molar-refractivity contribution in [1.29, 1.82) is 0 Å². The Morgan fingerprint density at radius 3 is 2.72 bits per heavy atom. The fourth-order valence-electron chi connectivity index (χ4n) is 2.11. The third kappa shape index (κ3) is 6.21. The molecule has 0 spiro atoms. The first-order valence-corrected chi connectivity index (χ1v) is 8.74. The van der Waals surface area contributed by atoms with Crippen molar-refractivity contribution in [3.8, 4) is 5.75 Å². The minimum Gasteiger partial charge on any atom is -0.497 e. The van der Waals surface area contributed by atoms with Gasteiger partial charge in [-0.3, -0.25) is 0 Å². The molecule has 0 amide bonds. The van der Waals surface area contributed by atoms with E-state index in [4.69, 9.17) is 9.47 Å². The molecule has 4 nitrogen and oxygen atoms in total. The van der Waals surface area contributed by atoms with E-state index in [1.807, 2.05) is 6.92 Å². The summed E-state index contributed by atoms with van der Waals surface area (Å²) in [6, 6.07) is 4.21. The summed E-state index contributed by atoms with van der Waals surface area (Å²) in [4.78, 5) is -0.489. The molecule has 138 valence electrons. The van der Waals surface area contributed by atoms with Gasteiger partial charge >= 0.3 is 0 Å². The van der Waals surface area contributed by atoms with Crippen molar-refractivity contribution in [1.82, 2.24) is 5.32 Å². The molecule has 0 aliphatic rings. The van der Waals surface area contributed by atoms with Crippen LogP contribution in [0, 0.1) is 5.82 Å². The minimum atomic E-state index is -1.24. The molecule has 0 fully saturated rings. The van der Waals surface area contributed by atoms with E-state index in [2.05, 4.69) is 27.8 Å². The van der Waals surface area contributed by atoms with Crippen molar-refractivity contribution in [2.24, 2.45) is 0 Å². The average molecular weight is 414 g/mol. The predicted octanol–water partition coefficient (Wildman–Crippen LogP) is 4.58. The third-order valence-electron chi connectivity index (χ3n) is 3.65. The molecule has 0 saturated carbocycles. The van der Waals surface area contributed by atoms with E-state index in [0.717, 1.165) is 12.1 Å². The maximum atomic E-state index is 13.4. The van der Waals surface area contributed by atoms with E-state index in [9.17, 15) is 9.50 Å². The van der Waals surface area contributed by atoms with Crippen LogP contribution in [0.5, 0.6) is 5.75 Å². The Morgan fingerprint density at radius 2 is 2.16 bits per heavy atom. The van der Waals surface area contributed by atoms with Crippen LogP contribution in [0.4, 0.5) is 4.39 Å². The van der Waals surface area contributed by atoms with Gasteiger partial charge in [-0.2, -0.15) is 0 Å². The number of alkyl halides is 1. The van der Waals surface area contributed by atoms with Gasteiger partial charge in [-0.15, -0.1) is 0 Å². The van der Waals surface area contributed by atoms with Gasteiger partial charge in [-0.25, -0.2) is 4.39 Å². The van der Waals surface area contributed by atoms with Gasteiger partial charge in [-0.1, -0.05) is 35.5 Å². The number of methoxy groups -OCH3 is 2. The largest absolute Gasteiger partial charge is 0.497 e. The van der Waals surface area contributed by atoms with Crippen LogP contribution in [0.1, 0.15) is 30.7 Å². The first kappa shape index (κ1) is 21.3. The van der Waals surface area contributed by atoms with E-state index in [0.29, 0.717) is 17.1 Å². The number of halogens is 2. The third-order valence-corrected chi connectivity index (χ3v) is 5.07. The van der Waals surface area contributed by atoms with Crippen LogP contribution in [0.15, 0.2) is 54.6 Å². The first-order chi connectivity index (χ1) is 11.7. The molecule has 0 radical (unpaired) electrons. The van der Waals surface area contributed by atoms with E-state index < -0.39 is 16.2 Å². The van der Waals surface area contributed by atoms with Gasteiger partial charge in [-0.05, 0) is 37.8 Å². The molecule has 1 aromatic rings. The highest BCUT2D eigenvalue weighted by atomic mass is 79.9. The normalized spacial score (nSPS) is 15.6.